The van der Waals surface area contributed by atoms with Gasteiger partial charge in [0, 0.05) is 23.1 Å². The molecule has 0 saturated heterocycles. The van der Waals surface area contributed by atoms with Crippen molar-refractivity contribution in [1.82, 2.24) is 10.3 Å². The predicted octanol–water partition coefficient (Wildman–Crippen LogP) is 3.55. The molecule has 0 aliphatic heterocycles. The number of carbonyl (C=O) groups is 2. The Bertz CT molecular complexity index is 954. The second-order valence-electron chi connectivity index (χ2n) is 6.04. The van der Waals surface area contributed by atoms with Gasteiger partial charge in [-0.2, -0.15) is 0 Å². The van der Waals surface area contributed by atoms with Crippen molar-refractivity contribution in [2.45, 2.75) is 13.3 Å². The van der Waals surface area contributed by atoms with Crippen LogP contribution in [0.25, 0.3) is 0 Å². The lowest BCUT2D eigenvalue weighted by Gasteiger charge is -2.05. The SMILES string of the molecule is Cc1cccc(Cc2cnc(NC(=O)CNC(=O)c3ccc(F)cc3)s2)c1. The molecule has 0 atom stereocenters. The Kier molecular flexibility index (Phi) is 5.93. The first-order valence-corrected chi connectivity index (χ1v) is 9.15. The molecule has 0 saturated carbocycles. The van der Waals surface area contributed by atoms with Crippen molar-refractivity contribution in [3.05, 3.63) is 82.1 Å². The zero-order valence-electron chi connectivity index (χ0n) is 14.7. The highest BCUT2D eigenvalue weighted by molar-refractivity contribution is 7.15. The molecule has 5 nitrogen and oxygen atoms in total. The van der Waals surface area contributed by atoms with Crippen LogP contribution >= 0.6 is 11.3 Å². The van der Waals surface area contributed by atoms with E-state index in [2.05, 4.69) is 27.8 Å². The summed E-state index contributed by atoms with van der Waals surface area (Å²) in [5.74, 6) is -1.24. The van der Waals surface area contributed by atoms with Gasteiger partial charge in [0.1, 0.15) is 5.82 Å². The molecule has 3 rings (SSSR count). The summed E-state index contributed by atoms with van der Waals surface area (Å²) < 4.78 is 12.9. The fraction of sp³-hybridized carbons (Fsp3) is 0.150. The Labute approximate surface area is 160 Å². The minimum absolute atomic E-state index is 0.191. The van der Waals surface area contributed by atoms with Gasteiger partial charge in [0.15, 0.2) is 5.13 Å². The molecule has 0 radical (unpaired) electrons. The van der Waals surface area contributed by atoms with Crippen molar-refractivity contribution in [2.24, 2.45) is 0 Å². The molecule has 27 heavy (non-hydrogen) atoms. The third kappa shape index (κ3) is 5.46. The van der Waals surface area contributed by atoms with E-state index >= 15 is 0 Å². The maximum atomic E-state index is 12.9. The molecule has 1 heterocycles. The van der Waals surface area contributed by atoms with Crippen LogP contribution in [0.5, 0.6) is 0 Å². The molecule has 0 unspecified atom stereocenters. The van der Waals surface area contributed by atoms with Gasteiger partial charge < -0.3 is 10.6 Å². The number of thiazole rings is 1. The van der Waals surface area contributed by atoms with E-state index in [0.717, 1.165) is 11.3 Å². The Hall–Kier alpha value is -3.06. The van der Waals surface area contributed by atoms with E-state index in [1.165, 1.54) is 46.7 Å². The van der Waals surface area contributed by atoms with Crippen molar-refractivity contribution < 1.29 is 14.0 Å². The molecule has 7 heteroatoms. The number of hydrogen-bond donors (Lipinski definition) is 2. The maximum absolute atomic E-state index is 12.9. The number of aryl methyl sites for hydroxylation is 1. The smallest absolute Gasteiger partial charge is 0.251 e. The Morgan fingerprint density at radius 1 is 1.15 bits per heavy atom. The molecule has 3 aromatic rings. The Morgan fingerprint density at radius 2 is 1.93 bits per heavy atom. The van der Waals surface area contributed by atoms with E-state index in [1.807, 2.05) is 19.1 Å². The molecule has 138 valence electrons. The van der Waals surface area contributed by atoms with E-state index in [0.29, 0.717) is 10.7 Å². The molecule has 0 spiro atoms. The Balaban J connectivity index is 1.50. The fourth-order valence-corrected chi connectivity index (χ4v) is 3.36. The number of anilines is 1. The summed E-state index contributed by atoms with van der Waals surface area (Å²) in [5.41, 5.74) is 2.67. The number of hydrogen-bond acceptors (Lipinski definition) is 4. The molecule has 2 N–H and O–H groups in total. The van der Waals surface area contributed by atoms with Gasteiger partial charge in [0.25, 0.3) is 5.91 Å². The topological polar surface area (TPSA) is 71.1 Å². The highest BCUT2D eigenvalue weighted by Gasteiger charge is 2.10. The number of rotatable bonds is 6. The highest BCUT2D eigenvalue weighted by atomic mass is 32.1. The number of nitrogens with one attached hydrogen (secondary N) is 2. The number of benzene rings is 2. The average molecular weight is 383 g/mol. The van der Waals surface area contributed by atoms with Crippen LogP contribution in [-0.4, -0.2) is 23.3 Å². The first-order valence-electron chi connectivity index (χ1n) is 8.33. The van der Waals surface area contributed by atoms with Crippen LogP contribution in [0.4, 0.5) is 9.52 Å². The minimum Gasteiger partial charge on any atom is -0.343 e. The van der Waals surface area contributed by atoms with Crippen LogP contribution < -0.4 is 10.6 Å². The third-order valence-corrected chi connectivity index (χ3v) is 4.69. The van der Waals surface area contributed by atoms with Crippen LogP contribution in [0.3, 0.4) is 0 Å². The van der Waals surface area contributed by atoms with Crippen molar-refractivity contribution in [3.8, 4) is 0 Å². The third-order valence-electron chi connectivity index (χ3n) is 3.78. The van der Waals surface area contributed by atoms with Crippen molar-refractivity contribution in [3.63, 3.8) is 0 Å². The van der Waals surface area contributed by atoms with Crippen LogP contribution in [0, 0.1) is 12.7 Å². The molecule has 0 bridgehead atoms. The van der Waals surface area contributed by atoms with Crippen LogP contribution in [-0.2, 0) is 11.2 Å². The normalized spacial score (nSPS) is 10.4. The lowest BCUT2D eigenvalue weighted by Crippen LogP contribution is -2.32. The van der Waals surface area contributed by atoms with Gasteiger partial charge in [-0.3, -0.25) is 9.59 Å². The Morgan fingerprint density at radius 3 is 2.67 bits per heavy atom. The summed E-state index contributed by atoms with van der Waals surface area (Å²) in [5, 5.41) is 5.65. The van der Waals surface area contributed by atoms with Crippen molar-refractivity contribution >= 4 is 28.3 Å². The van der Waals surface area contributed by atoms with E-state index in [-0.39, 0.29) is 12.5 Å². The summed E-state index contributed by atoms with van der Waals surface area (Å²) in [4.78, 5) is 29.2. The van der Waals surface area contributed by atoms with Gasteiger partial charge >= 0.3 is 0 Å². The van der Waals surface area contributed by atoms with Gasteiger partial charge in [-0.15, -0.1) is 11.3 Å². The number of aromatic nitrogens is 1. The van der Waals surface area contributed by atoms with Gasteiger partial charge in [-0.05, 0) is 36.8 Å². The maximum Gasteiger partial charge on any atom is 0.251 e. The predicted molar refractivity (Wildman–Crippen MR) is 103 cm³/mol. The van der Waals surface area contributed by atoms with Gasteiger partial charge in [-0.25, -0.2) is 9.37 Å². The minimum atomic E-state index is -0.440. The molecule has 2 amide bonds. The zero-order valence-corrected chi connectivity index (χ0v) is 15.5. The van der Waals surface area contributed by atoms with Crippen LogP contribution in [0.1, 0.15) is 26.4 Å². The van der Waals surface area contributed by atoms with E-state index in [9.17, 15) is 14.0 Å². The fourth-order valence-electron chi connectivity index (χ4n) is 2.50. The van der Waals surface area contributed by atoms with Crippen LogP contribution in [0.15, 0.2) is 54.7 Å². The molecular formula is C20H18FN3O2S. The van der Waals surface area contributed by atoms with E-state index in [4.69, 9.17) is 0 Å². The second-order valence-corrected chi connectivity index (χ2v) is 7.15. The second kappa shape index (κ2) is 8.55. The van der Waals surface area contributed by atoms with Crippen molar-refractivity contribution in [1.29, 1.82) is 0 Å². The number of amides is 2. The summed E-state index contributed by atoms with van der Waals surface area (Å²) in [6.07, 6.45) is 2.48. The molecule has 0 aliphatic rings. The molecule has 0 aliphatic carbocycles. The highest BCUT2D eigenvalue weighted by Crippen LogP contribution is 2.21. The summed E-state index contributed by atoms with van der Waals surface area (Å²) in [6, 6.07) is 13.3. The first-order chi connectivity index (χ1) is 13.0. The first kappa shape index (κ1) is 18.7. The number of halogens is 1. The standard InChI is InChI=1S/C20H18FN3O2S/c1-13-3-2-4-14(9-13)10-17-11-23-20(27-17)24-18(25)12-22-19(26)15-5-7-16(21)8-6-15/h2-9,11H,10,12H2,1H3,(H,22,26)(H,23,24,25). The lowest BCUT2D eigenvalue weighted by atomic mass is 10.1. The largest absolute Gasteiger partial charge is 0.343 e. The summed E-state index contributed by atoms with van der Waals surface area (Å²) in [6.45, 7) is 1.85. The quantitative estimate of drug-likeness (QED) is 0.684. The summed E-state index contributed by atoms with van der Waals surface area (Å²) in [7, 11) is 0. The zero-order chi connectivity index (χ0) is 19.2. The van der Waals surface area contributed by atoms with Gasteiger partial charge in [0.05, 0.1) is 6.54 Å². The molecule has 2 aromatic carbocycles. The van der Waals surface area contributed by atoms with E-state index in [1.54, 1.807) is 6.20 Å². The van der Waals surface area contributed by atoms with Crippen LogP contribution in [0.2, 0.25) is 0 Å². The molecule has 1 aromatic heterocycles. The van der Waals surface area contributed by atoms with Gasteiger partial charge in [0.2, 0.25) is 5.91 Å². The average Bonchev–Trinajstić information content (AvgIpc) is 3.07. The number of nitrogens with zero attached hydrogens (tertiary/aromatic N) is 1. The number of carbonyl (C=O) groups excluding carboxylic acids is 2. The summed E-state index contributed by atoms with van der Waals surface area (Å²) >= 11 is 1.40. The molecular weight excluding hydrogens is 365 g/mol. The lowest BCUT2D eigenvalue weighted by molar-refractivity contribution is -0.115. The van der Waals surface area contributed by atoms with Gasteiger partial charge in [-0.1, -0.05) is 29.8 Å². The monoisotopic (exact) mass is 383 g/mol. The molecule has 0 fully saturated rings. The van der Waals surface area contributed by atoms with E-state index < -0.39 is 11.7 Å². The van der Waals surface area contributed by atoms with Crippen molar-refractivity contribution in [2.75, 3.05) is 11.9 Å².